The van der Waals surface area contributed by atoms with Crippen molar-refractivity contribution in [3.05, 3.63) is 29.6 Å². The van der Waals surface area contributed by atoms with Crippen molar-refractivity contribution in [1.29, 1.82) is 0 Å². The Kier molecular flexibility index (Phi) is 4.63. The van der Waals surface area contributed by atoms with Crippen molar-refractivity contribution in [2.24, 2.45) is 5.73 Å². The Morgan fingerprint density at radius 2 is 2.18 bits per heavy atom. The molecule has 1 heterocycles. The van der Waals surface area contributed by atoms with Crippen LogP contribution in [0, 0.1) is 0 Å². The fraction of sp³-hybridized carbons (Fsp3) is 0.538. The molecule has 4 heteroatoms. The standard InChI is InChI=1S/C13H21N3O/c1-4-7-13(2,3)16-12(17)11-6-5-10(8-14)9-15-11/h5-6,9H,4,7-8,14H2,1-3H3,(H,16,17). The fourth-order valence-corrected chi connectivity index (χ4v) is 1.74. The normalized spacial score (nSPS) is 11.3. The highest BCUT2D eigenvalue weighted by Crippen LogP contribution is 2.11. The summed E-state index contributed by atoms with van der Waals surface area (Å²) in [4.78, 5) is 16.0. The summed E-state index contributed by atoms with van der Waals surface area (Å²) in [5.41, 5.74) is 6.64. The number of pyridine rings is 1. The minimum atomic E-state index is -0.194. The molecule has 0 aliphatic carbocycles. The second-order valence-corrected chi connectivity index (χ2v) is 4.84. The second-order valence-electron chi connectivity index (χ2n) is 4.84. The Morgan fingerprint density at radius 3 is 2.65 bits per heavy atom. The van der Waals surface area contributed by atoms with Crippen molar-refractivity contribution in [3.8, 4) is 0 Å². The van der Waals surface area contributed by atoms with Crippen LogP contribution in [-0.2, 0) is 6.54 Å². The first-order chi connectivity index (χ1) is 7.98. The van der Waals surface area contributed by atoms with Crippen LogP contribution in [0.2, 0.25) is 0 Å². The first-order valence-electron chi connectivity index (χ1n) is 5.96. The third kappa shape index (κ3) is 4.15. The van der Waals surface area contributed by atoms with Gasteiger partial charge in [-0.3, -0.25) is 9.78 Å². The van der Waals surface area contributed by atoms with Crippen LogP contribution in [0.4, 0.5) is 0 Å². The van der Waals surface area contributed by atoms with Crippen LogP contribution >= 0.6 is 0 Å². The van der Waals surface area contributed by atoms with Gasteiger partial charge in [-0.1, -0.05) is 19.4 Å². The molecule has 0 spiro atoms. The van der Waals surface area contributed by atoms with Crippen molar-refractivity contribution in [1.82, 2.24) is 10.3 Å². The van der Waals surface area contributed by atoms with Crippen molar-refractivity contribution in [2.45, 2.75) is 45.7 Å². The molecule has 1 amide bonds. The Hall–Kier alpha value is -1.42. The Bertz CT molecular complexity index is 371. The Balaban J connectivity index is 2.69. The van der Waals surface area contributed by atoms with Crippen molar-refractivity contribution in [2.75, 3.05) is 0 Å². The lowest BCUT2D eigenvalue weighted by molar-refractivity contribution is 0.0904. The van der Waals surface area contributed by atoms with Gasteiger partial charge in [0.2, 0.25) is 0 Å². The zero-order chi connectivity index (χ0) is 12.9. The van der Waals surface area contributed by atoms with Gasteiger partial charge in [0.1, 0.15) is 5.69 Å². The smallest absolute Gasteiger partial charge is 0.270 e. The third-order valence-corrected chi connectivity index (χ3v) is 2.62. The molecule has 4 nitrogen and oxygen atoms in total. The molecule has 0 saturated carbocycles. The summed E-state index contributed by atoms with van der Waals surface area (Å²) >= 11 is 0. The Morgan fingerprint density at radius 1 is 1.47 bits per heavy atom. The molecular weight excluding hydrogens is 214 g/mol. The van der Waals surface area contributed by atoms with Crippen LogP contribution in [0.5, 0.6) is 0 Å². The number of nitrogens with zero attached hydrogens (tertiary/aromatic N) is 1. The van der Waals surface area contributed by atoms with Gasteiger partial charge in [-0.05, 0) is 31.9 Å². The van der Waals surface area contributed by atoms with Gasteiger partial charge in [0.05, 0.1) is 0 Å². The first kappa shape index (κ1) is 13.6. The molecule has 0 radical (unpaired) electrons. The largest absolute Gasteiger partial charge is 0.346 e. The third-order valence-electron chi connectivity index (χ3n) is 2.62. The van der Waals surface area contributed by atoms with Gasteiger partial charge in [-0.2, -0.15) is 0 Å². The molecule has 0 unspecified atom stereocenters. The lowest BCUT2D eigenvalue weighted by Gasteiger charge is -2.25. The molecule has 0 aromatic carbocycles. The molecular formula is C13H21N3O. The monoisotopic (exact) mass is 235 g/mol. The molecule has 1 aromatic heterocycles. The molecule has 0 aliphatic rings. The topological polar surface area (TPSA) is 68.0 Å². The van der Waals surface area contributed by atoms with E-state index in [4.69, 9.17) is 5.73 Å². The maximum atomic E-state index is 11.9. The number of hydrogen-bond donors (Lipinski definition) is 2. The van der Waals surface area contributed by atoms with Crippen LogP contribution < -0.4 is 11.1 Å². The van der Waals surface area contributed by atoms with E-state index in [1.54, 1.807) is 12.3 Å². The van der Waals surface area contributed by atoms with Gasteiger partial charge < -0.3 is 11.1 Å². The minimum Gasteiger partial charge on any atom is -0.346 e. The fourth-order valence-electron chi connectivity index (χ4n) is 1.74. The summed E-state index contributed by atoms with van der Waals surface area (Å²) in [6, 6.07) is 3.54. The molecule has 0 bridgehead atoms. The van der Waals surface area contributed by atoms with E-state index in [1.165, 1.54) is 0 Å². The van der Waals surface area contributed by atoms with Gasteiger partial charge in [0.15, 0.2) is 0 Å². The van der Waals surface area contributed by atoms with E-state index in [-0.39, 0.29) is 11.4 Å². The minimum absolute atomic E-state index is 0.132. The van der Waals surface area contributed by atoms with E-state index >= 15 is 0 Å². The van der Waals surface area contributed by atoms with Crippen LogP contribution in [0.15, 0.2) is 18.3 Å². The lowest BCUT2D eigenvalue weighted by Crippen LogP contribution is -2.43. The highest BCUT2D eigenvalue weighted by Gasteiger charge is 2.20. The maximum absolute atomic E-state index is 11.9. The van der Waals surface area contributed by atoms with Crippen LogP contribution in [0.1, 0.15) is 49.7 Å². The summed E-state index contributed by atoms with van der Waals surface area (Å²) in [7, 11) is 0. The summed E-state index contributed by atoms with van der Waals surface area (Å²) < 4.78 is 0. The molecule has 0 aliphatic heterocycles. The molecule has 94 valence electrons. The molecule has 1 aromatic rings. The quantitative estimate of drug-likeness (QED) is 0.818. The average Bonchev–Trinajstić information content (AvgIpc) is 2.28. The molecule has 0 fully saturated rings. The number of nitrogens with one attached hydrogen (secondary N) is 1. The highest BCUT2D eigenvalue weighted by atomic mass is 16.2. The lowest BCUT2D eigenvalue weighted by atomic mass is 9.99. The predicted octanol–water partition coefficient (Wildman–Crippen LogP) is 1.85. The molecule has 3 N–H and O–H groups in total. The number of carbonyl (C=O) groups excluding carboxylic acids is 1. The first-order valence-corrected chi connectivity index (χ1v) is 5.96. The number of aromatic nitrogens is 1. The van der Waals surface area contributed by atoms with Crippen molar-refractivity contribution in [3.63, 3.8) is 0 Å². The van der Waals surface area contributed by atoms with Gasteiger partial charge in [-0.25, -0.2) is 0 Å². The van der Waals surface area contributed by atoms with Crippen LogP contribution in [0.3, 0.4) is 0 Å². The molecule has 0 saturated heterocycles. The number of rotatable bonds is 5. The van der Waals surface area contributed by atoms with E-state index in [1.807, 2.05) is 19.9 Å². The number of carbonyl (C=O) groups is 1. The van der Waals surface area contributed by atoms with Crippen LogP contribution in [-0.4, -0.2) is 16.4 Å². The highest BCUT2D eigenvalue weighted by molar-refractivity contribution is 5.92. The van der Waals surface area contributed by atoms with Gasteiger partial charge >= 0.3 is 0 Å². The van der Waals surface area contributed by atoms with Crippen molar-refractivity contribution >= 4 is 5.91 Å². The summed E-state index contributed by atoms with van der Waals surface area (Å²) in [6.07, 6.45) is 3.62. The molecule has 17 heavy (non-hydrogen) atoms. The van der Waals surface area contributed by atoms with E-state index < -0.39 is 0 Å². The van der Waals surface area contributed by atoms with Gasteiger partial charge in [0.25, 0.3) is 5.91 Å². The van der Waals surface area contributed by atoms with Gasteiger partial charge in [0, 0.05) is 18.3 Å². The number of amides is 1. The summed E-state index contributed by atoms with van der Waals surface area (Å²) in [5.74, 6) is -0.132. The van der Waals surface area contributed by atoms with Gasteiger partial charge in [-0.15, -0.1) is 0 Å². The maximum Gasteiger partial charge on any atom is 0.270 e. The van der Waals surface area contributed by atoms with Crippen molar-refractivity contribution < 1.29 is 4.79 Å². The summed E-state index contributed by atoms with van der Waals surface area (Å²) in [5, 5.41) is 2.98. The van der Waals surface area contributed by atoms with E-state index in [9.17, 15) is 4.79 Å². The number of hydrogen-bond acceptors (Lipinski definition) is 3. The molecule has 0 atom stereocenters. The zero-order valence-corrected chi connectivity index (χ0v) is 10.8. The zero-order valence-electron chi connectivity index (χ0n) is 10.8. The van der Waals surface area contributed by atoms with E-state index in [0.717, 1.165) is 18.4 Å². The van der Waals surface area contributed by atoms with E-state index in [2.05, 4.69) is 17.2 Å². The average molecular weight is 235 g/mol. The second kappa shape index (κ2) is 5.77. The predicted molar refractivity (Wildman–Crippen MR) is 68.6 cm³/mol. The SMILES string of the molecule is CCCC(C)(C)NC(=O)c1ccc(CN)cn1. The van der Waals surface area contributed by atoms with Crippen LogP contribution in [0.25, 0.3) is 0 Å². The number of nitrogens with two attached hydrogens (primary N) is 1. The Labute approximate surface area is 103 Å². The summed E-state index contributed by atoms with van der Waals surface area (Å²) in [6.45, 7) is 6.57. The van der Waals surface area contributed by atoms with E-state index in [0.29, 0.717) is 12.2 Å². The molecule has 1 rings (SSSR count).